The van der Waals surface area contributed by atoms with E-state index in [-0.39, 0.29) is 24.0 Å². The molecule has 0 aliphatic heterocycles. The molecular weight excluding hydrogens is 439 g/mol. The highest BCUT2D eigenvalue weighted by molar-refractivity contribution is 14.0. The van der Waals surface area contributed by atoms with Crippen LogP contribution in [0.15, 0.2) is 4.99 Å². The molecule has 0 aromatic carbocycles. The third kappa shape index (κ3) is 6.72. The van der Waals surface area contributed by atoms with E-state index in [2.05, 4.69) is 55.3 Å². The highest BCUT2D eigenvalue weighted by Crippen LogP contribution is 2.25. The van der Waals surface area contributed by atoms with E-state index in [1.165, 1.54) is 24.1 Å². The molecule has 2 rings (SSSR count). The van der Waals surface area contributed by atoms with Gasteiger partial charge >= 0.3 is 0 Å². The van der Waals surface area contributed by atoms with Gasteiger partial charge in [-0.05, 0) is 59.1 Å². The van der Waals surface area contributed by atoms with Crippen molar-refractivity contribution in [2.45, 2.75) is 66.0 Å². The topological polar surface area (TPSA) is 57.5 Å². The molecule has 0 amide bonds. The van der Waals surface area contributed by atoms with Gasteiger partial charge in [0.15, 0.2) is 5.96 Å². The number of halogens is 1. The second-order valence-corrected chi connectivity index (χ2v) is 7.14. The van der Waals surface area contributed by atoms with E-state index in [4.69, 9.17) is 4.99 Å². The summed E-state index contributed by atoms with van der Waals surface area (Å²) in [7, 11) is 2.01. The second kappa shape index (κ2) is 11.1. The average Bonchev–Trinajstić information content (AvgIpc) is 3.37. The van der Waals surface area contributed by atoms with Gasteiger partial charge in [0.2, 0.25) is 0 Å². The third-order valence-corrected chi connectivity index (χ3v) is 5.02. The summed E-state index contributed by atoms with van der Waals surface area (Å²) in [6.07, 6.45) is 3.67. The molecule has 1 fully saturated rings. The Morgan fingerprint density at radius 2 is 2.04 bits per heavy atom. The van der Waals surface area contributed by atoms with Crippen molar-refractivity contribution >= 4 is 29.9 Å². The van der Waals surface area contributed by atoms with Gasteiger partial charge in [-0.1, -0.05) is 6.92 Å². The van der Waals surface area contributed by atoms with Crippen molar-refractivity contribution < 1.29 is 0 Å². The second-order valence-electron chi connectivity index (χ2n) is 7.14. The van der Waals surface area contributed by atoms with E-state index in [0.717, 1.165) is 50.3 Å². The van der Waals surface area contributed by atoms with E-state index in [1.54, 1.807) is 0 Å². The SMILES string of the molecule is CCNC(=NCCN(CC)C1CC1)NC(C)Cc1c(C)nn(C)c1C.I. The highest BCUT2D eigenvalue weighted by atomic mass is 127. The molecule has 1 aromatic rings. The fourth-order valence-corrected chi connectivity index (χ4v) is 3.35. The minimum absolute atomic E-state index is 0. The van der Waals surface area contributed by atoms with Crippen LogP contribution in [0.3, 0.4) is 0 Å². The molecule has 1 aliphatic carbocycles. The van der Waals surface area contributed by atoms with Crippen molar-refractivity contribution in [3.63, 3.8) is 0 Å². The van der Waals surface area contributed by atoms with Gasteiger partial charge in [-0.25, -0.2) is 0 Å². The number of hydrogen-bond donors (Lipinski definition) is 2. The first-order valence-corrected chi connectivity index (χ1v) is 9.74. The van der Waals surface area contributed by atoms with Gasteiger partial charge < -0.3 is 10.6 Å². The van der Waals surface area contributed by atoms with E-state index >= 15 is 0 Å². The van der Waals surface area contributed by atoms with Crippen LogP contribution in [0.4, 0.5) is 0 Å². The zero-order chi connectivity index (χ0) is 18.4. The van der Waals surface area contributed by atoms with Crippen LogP contribution >= 0.6 is 24.0 Å². The van der Waals surface area contributed by atoms with Crippen LogP contribution in [0.2, 0.25) is 0 Å². The molecule has 26 heavy (non-hydrogen) atoms. The maximum Gasteiger partial charge on any atom is 0.191 e. The van der Waals surface area contributed by atoms with Gasteiger partial charge in [0.1, 0.15) is 0 Å². The summed E-state index contributed by atoms with van der Waals surface area (Å²) >= 11 is 0. The smallest absolute Gasteiger partial charge is 0.191 e. The molecule has 6 nitrogen and oxygen atoms in total. The summed E-state index contributed by atoms with van der Waals surface area (Å²) in [6, 6.07) is 1.12. The van der Waals surface area contributed by atoms with Crippen molar-refractivity contribution in [2.24, 2.45) is 12.0 Å². The fourth-order valence-electron chi connectivity index (χ4n) is 3.35. The van der Waals surface area contributed by atoms with Crippen LogP contribution in [0, 0.1) is 13.8 Å². The first-order valence-electron chi connectivity index (χ1n) is 9.74. The van der Waals surface area contributed by atoms with Gasteiger partial charge in [0, 0.05) is 37.9 Å². The lowest BCUT2D eigenvalue weighted by atomic mass is 10.1. The molecule has 7 heteroatoms. The number of aliphatic imine (C=N–C) groups is 1. The average molecular weight is 476 g/mol. The first-order chi connectivity index (χ1) is 12.0. The van der Waals surface area contributed by atoms with E-state index in [1.807, 2.05) is 11.7 Å². The molecule has 2 N–H and O–H groups in total. The molecule has 150 valence electrons. The summed E-state index contributed by atoms with van der Waals surface area (Å²) in [6.45, 7) is 14.7. The van der Waals surface area contributed by atoms with Crippen LogP contribution in [-0.2, 0) is 13.5 Å². The summed E-state index contributed by atoms with van der Waals surface area (Å²) in [4.78, 5) is 7.32. The molecule has 1 unspecified atom stereocenters. The summed E-state index contributed by atoms with van der Waals surface area (Å²) in [5.41, 5.74) is 3.71. The van der Waals surface area contributed by atoms with E-state index < -0.39 is 0 Å². The summed E-state index contributed by atoms with van der Waals surface area (Å²) in [5, 5.41) is 11.4. The molecule has 0 spiro atoms. The Morgan fingerprint density at radius 3 is 2.54 bits per heavy atom. The van der Waals surface area contributed by atoms with E-state index in [9.17, 15) is 0 Å². The molecule has 1 aromatic heterocycles. The van der Waals surface area contributed by atoms with Crippen molar-refractivity contribution in [3.8, 4) is 0 Å². The quantitative estimate of drug-likeness (QED) is 0.327. The Morgan fingerprint density at radius 1 is 1.35 bits per heavy atom. The number of nitrogens with zero attached hydrogens (tertiary/aromatic N) is 4. The van der Waals surface area contributed by atoms with Gasteiger partial charge in [-0.3, -0.25) is 14.6 Å². The Labute approximate surface area is 176 Å². The number of aromatic nitrogens is 2. The third-order valence-electron chi connectivity index (χ3n) is 5.02. The van der Waals surface area contributed by atoms with Crippen molar-refractivity contribution in [3.05, 3.63) is 17.0 Å². The molecule has 1 heterocycles. The first kappa shape index (κ1) is 23.2. The van der Waals surface area contributed by atoms with Crippen LogP contribution < -0.4 is 10.6 Å². The minimum atomic E-state index is 0. The zero-order valence-corrected chi connectivity index (χ0v) is 19.6. The standard InChI is InChI=1S/C19H36N6.HI/c1-7-20-19(21-11-12-25(8-2)17-9-10-17)22-14(3)13-18-15(4)23-24(6)16(18)5;/h14,17H,7-13H2,1-6H3,(H2,20,21,22);1H. The molecular formula is C19H37IN6. The number of hydrogen-bond acceptors (Lipinski definition) is 3. The number of aryl methyl sites for hydroxylation is 2. The van der Waals surface area contributed by atoms with Crippen molar-refractivity contribution in [1.29, 1.82) is 0 Å². The predicted octanol–water partition coefficient (Wildman–Crippen LogP) is 2.63. The van der Waals surface area contributed by atoms with Gasteiger partial charge in [-0.2, -0.15) is 5.10 Å². The molecule has 1 atom stereocenters. The Hall–Kier alpha value is -0.830. The number of rotatable bonds is 9. The maximum absolute atomic E-state index is 4.77. The molecule has 1 aliphatic rings. The normalized spacial score (nSPS) is 15.7. The lowest BCUT2D eigenvalue weighted by Gasteiger charge is -2.20. The van der Waals surface area contributed by atoms with Crippen LogP contribution in [-0.4, -0.2) is 58.9 Å². The van der Waals surface area contributed by atoms with Crippen molar-refractivity contribution in [1.82, 2.24) is 25.3 Å². The van der Waals surface area contributed by atoms with Crippen molar-refractivity contribution in [2.75, 3.05) is 26.2 Å². The zero-order valence-electron chi connectivity index (χ0n) is 17.3. The number of nitrogens with one attached hydrogen (secondary N) is 2. The van der Waals surface area contributed by atoms with Gasteiger partial charge in [-0.15, -0.1) is 24.0 Å². The molecule has 1 saturated carbocycles. The minimum Gasteiger partial charge on any atom is -0.357 e. The Balaban J connectivity index is 0.00000338. The van der Waals surface area contributed by atoms with Crippen LogP contribution in [0.1, 0.15) is 50.6 Å². The lowest BCUT2D eigenvalue weighted by molar-refractivity contribution is 0.286. The monoisotopic (exact) mass is 476 g/mol. The Kier molecular flexibility index (Phi) is 9.92. The number of guanidine groups is 1. The van der Waals surface area contributed by atoms with Gasteiger partial charge in [0.05, 0.1) is 12.2 Å². The molecule has 0 bridgehead atoms. The van der Waals surface area contributed by atoms with E-state index in [0.29, 0.717) is 6.04 Å². The molecule has 0 radical (unpaired) electrons. The number of likely N-dealkylation sites (N-methyl/N-ethyl adjacent to an activating group) is 1. The predicted molar refractivity (Wildman–Crippen MR) is 121 cm³/mol. The summed E-state index contributed by atoms with van der Waals surface area (Å²) < 4.78 is 1.97. The fraction of sp³-hybridized carbons (Fsp3) is 0.789. The van der Waals surface area contributed by atoms with Crippen LogP contribution in [0.5, 0.6) is 0 Å². The summed E-state index contributed by atoms with van der Waals surface area (Å²) in [5.74, 6) is 0.918. The van der Waals surface area contributed by atoms with Crippen LogP contribution in [0.25, 0.3) is 0 Å². The largest absolute Gasteiger partial charge is 0.357 e. The van der Waals surface area contributed by atoms with Gasteiger partial charge in [0.25, 0.3) is 0 Å². The highest BCUT2D eigenvalue weighted by Gasteiger charge is 2.27. The maximum atomic E-state index is 4.77. The molecule has 0 saturated heterocycles. The lowest BCUT2D eigenvalue weighted by Crippen LogP contribution is -2.43. The Bertz CT molecular complexity index is 579.